The Hall–Kier alpha value is -3.97. The van der Waals surface area contributed by atoms with E-state index in [4.69, 9.17) is 18.9 Å². The lowest BCUT2D eigenvalue weighted by Crippen LogP contribution is -2.51. The van der Waals surface area contributed by atoms with E-state index in [1.807, 2.05) is 0 Å². The van der Waals surface area contributed by atoms with Gasteiger partial charge in [-0.1, -0.05) is 54.6 Å². The van der Waals surface area contributed by atoms with Crippen LogP contribution in [0.2, 0.25) is 0 Å². The van der Waals surface area contributed by atoms with Gasteiger partial charge in [-0.3, -0.25) is 0 Å². The minimum atomic E-state index is -1.39. The molecule has 1 saturated heterocycles. The van der Waals surface area contributed by atoms with Crippen molar-refractivity contribution in [3.63, 3.8) is 0 Å². The summed E-state index contributed by atoms with van der Waals surface area (Å²) in [5.74, 6) is -1.71. The molecule has 0 N–H and O–H groups in total. The lowest BCUT2D eigenvalue weighted by molar-refractivity contribution is -0.0988. The van der Waals surface area contributed by atoms with Gasteiger partial charge in [-0.25, -0.2) is 14.4 Å². The average molecular weight is 460 g/mol. The quantitative estimate of drug-likeness (QED) is 0.388. The monoisotopic (exact) mass is 460 g/mol. The van der Waals surface area contributed by atoms with E-state index < -0.39 is 35.7 Å². The van der Waals surface area contributed by atoms with Gasteiger partial charge in [0.1, 0.15) is 12.7 Å². The molecule has 1 aliphatic rings. The molecular weight excluding hydrogens is 436 g/mol. The van der Waals surface area contributed by atoms with Gasteiger partial charge >= 0.3 is 17.9 Å². The van der Waals surface area contributed by atoms with Crippen LogP contribution in [0.15, 0.2) is 91.0 Å². The van der Waals surface area contributed by atoms with Crippen LogP contribution >= 0.6 is 0 Å². The van der Waals surface area contributed by atoms with E-state index in [0.29, 0.717) is 16.7 Å². The lowest BCUT2D eigenvalue weighted by Gasteiger charge is -2.33. The molecule has 0 saturated carbocycles. The summed E-state index contributed by atoms with van der Waals surface area (Å²) in [6, 6.07) is 25.5. The Morgan fingerprint density at radius 1 is 0.765 bits per heavy atom. The third kappa shape index (κ3) is 5.15. The van der Waals surface area contributed by atoms with Crippen molar-refractivity contribution in [1.82, 2.24) is 0 Å². The molecule has 1 heterocycles. The van der Waals surface area contributed by atoms with Gasteiger partial charge in [-0.15, -0.1) is 0 Å². The van der Waals surface area contributed by atoms with Crippen molar-refractivity contribution >= 4 is 17.9 Å². The number of hydrogen-bond donors (Lipinski definition) is 0. The van der Waals surface area contributed by atoms with Crippen LogP contribution in [0.3, 0.4) is 0 Å². The smallest absolute Gasteiger partial charge is 0.338 e. The molecule has 174 valence electrons. The second-order valence-corrected chi connectivity index (χ2v) is 7.99. The molecular formula is C27H24O7. The van der Waals surface area contributed by atoms with Gasteiger partial charge in [0.25, 0.3) is 0 Å². The molecule has 3 aromatic rings. The minimum absolute atomic E-state index is 0.0231. The van der Waals surface area contributed by atoms with Crippen LogP contribution in [0.5, 0.6) is 0 Å². The number of ether oxygens (including phenoxy) is 4. The molecule has 7 heteroatoms. The van der Waals surface area contributed by atoms with E-state index in [1.54, 1.807) is 97.9 Å². The Labute approximate surface area is 197 Å². The predicted octanol–water partition coefficient (Wildman–Crippen LogP) is 4.08. The van der Waals surface area contributed by atoms with E-state index in [9.17, 15) is 14.4 Å². The summed E-state index contributed by atoms with van der Waals surface area (Å²) in [6.07, 6.45) is -1.75. The predicted molar refractivity (Wildman–Crippen MR) is 122 cm³/mol. The second kappa shape index (κ2) is 10.3. The molecule has 0 spiro atoms. The SMILES string of the molecule is CC1(OC(=O)c2ccccc2)C(COC(=O)c2ccccc2)OCC1OC(=O)c1ccccc1. The molecule has 3 unspecified atom stereocenters. The van der Waals surface area contributed by atoms with E-state index in [0.717, 1.165) is 0 Å². The van der Waals surface area contributed by atoms with Crippen LogP contribution < -0.4 is 0 Å². The number of esters is 3. The summed E-state index contributed by atoms with van der Waals surface area (Å²) in [5.41, 5.74) is -0.313. The standard InChI is InChI=1S/C27H24O7/c1-27(34-26(30)21-15-9-4-10-16-21)22(17-32-24(28)19-11-5-2-6-12-19)31-18-23(27)33-25(29)20-13-7-3-8-14-20/h2-16,22-23H,17-18H2,1H3. The molecule has 3 aromatic carbocycles. The van der Waals surface area contributed by atoms with E-state index in [1.165, 1.54) is 0 Å². The first-order valence-electron chi connectivity index (χ1n) is 10.9. The maximum atomic E-state index is 12.9. The topological polar surface area (TPSA) is 88.1 Å². The molecule has 0 radical (unpaired) electrons. The van der Waals surface area contributed by atoms with Crippen molar-refractivity contribution in [3.8, 4) is 0 Å². The molecule has 1 aliphatic heterocycles. The van der Waals surface area contributed by atoms with Crippen LogP contribution in [0, 0.1) is 0 Å². The normalized spacial score (nSPS) is 21.4. The summed E-state index contributed by atoms with van der Waals surface area (Å²) < 4.78 is 22.8. The van der Waals surface area contributed by atoms with Crippen LogP contribution in [0.4, 0.5) is 0 Å². The highest BCUT2D eigenvalue weighted by atomic mass is 16.7. The third-order valence-electron chi connectivity index (χ3n) is 5.68. The second-order valence-electron chi connectivity index (χ2n) is 7.99. The van der Waals surface area contributed by atoms with Gasteiger partial charge in [0, 0.05) is 0 Å². The van der Waals surface area contributed by atoms with Crippen LogP contribution in [0.25, 0.3) is 0 Å². The van der Waals surface area contributed by atoms with Crippen molar-refractivity contribution in [3.05, 3.63) is 108 Å². The maximum absolute atomic E-state index is 12.9. The van der Waals surface area contributed by atoms with Gasteiger partial charge in [0.05, 0.1) is 23.3 Å². The van der Waals surface area contributed by atoms with E-state index in [2.05, 4.69) is 0 Å². The van der Waals surface area contributed by atoms with Gasteiger partial charge in [-0.2, -0.15) is 0 Å². The zero-order valence-corrected chi connectivity index (χ0v) is 18.6. The summed E-state index contributed by atoms with van der Waals surface area (Å²) in [7, 11) is 0. The fraction of sp³-hybridized carbons (Fsp3) is 0.222. The highest BCUT2D eigenvalue weighted by Crippen LogP contribution is 2.34. The molecule has 34 heavy (non-hydrogen) atoms. The Balaban J connectivity index is 1.52. The van der Waals surface area contributed by atoms with Crippen molar-refractivity contribution in [2.24, 2.45) is 0 Å². The Bertz CT molecular complexity index is 1130. The molecule has 0 aliphatic carbocycles. The van der Waals surface area contributed by atoms with E-state index >= 15 is 0 Å². The number of hydrogen-bond acceptors (Lipinski definition) is 7. The van der Waals surface area contributed by atoms with Gasteiger partial charge in [0.2, 0.25) is 0 Å². The average Bonchev–Trinajstić information content (AvgIpc) is 3.18. The van der Waals surface area contributed by atoms with Crippen LogP contribution in [-0.4, -0.2) is 48.9 Å². The van der Waals surface area contributed by atoms with Gasteiger partial charge in [-0.05, 0) is 43.3 Å². The molecule has 1 fully saturated rings. The number of rotatable bonds is 7. The summed E-state index contributed by atoms with van der Waals surface area (Å²) in [6.45, 7) is 1.40. The maximum Gasteiger partial charge on any atom is 0.338 e. The summed E-state index contributed by atoms with van der Waals surface area (Å²) >= 11 is 0. The molecule has 0 aromatic heterocycles. The first-order chi connectivity index (χ1) is 16.5. The van der Waals surface area contributed by atoms with Crippen LogP contribution in [-0.2, 0) is 18.9 Å². The van der Waals surface area contributed by atoms with Crippen molar-refractivity contribution in [1.29, 1.82) is 0 Å². The number of carbonyl (C=O) groups excluding carboxylic acids is 3. The first-order valence-corrected chi connectivity index (χ1v) is 10.9. The molecule has 4 rings (SSSR count). The van der Waals surface area contributed by atoms with Crippen LogP contribution in [0.1, 0.15) is 38.0 Å². The Morgan fingerprint density at radius 3 is 1.76 bits per heavy atom. The zero-order chi connectivity index (χ0) is 24.0. The first kappa shape index (κ1) is 23.2. The van der Waals surface area contributed by atoms with Crippen molar-refractivity contribution in [2.75, 3.05) is 13.2 Å². The molecule has 0 amide bonds. The molecule has 3 atom stereocenters. The summed E-state index contributed by atoms with van der Waals surface area (Å²) in [5, 5.41) is 0. The number of benzene rings is 3. The van der Waals surface area contributed by atoms with Gasteiger partial charge < -0.3 is 18.9 Å². The lowest BCUT2D eigenvalue weighted by atomic mass is 9.95. The number of carbonyl (C=O) groups is 3. The highest BCUT2D eigenvalue weighted by Gasteiger charge is 2.54. The van der Waals surface area contributed by atoms with Crippen molar-refractivity contribution < 1.29 is 33.3 Å². The van der Waals surface area contributed by atoms with E-state index in [-0.39, 0.29) is 13.2 Å². The fourth-order valence-electron chi connectivity index (χ4n) is 3.65. The largest absolute Gasteiger partial charge is 0.459 e. The van der Waals surface area contributed by atoms with Crippen molar-refractivity contribution in [2.45, 2.75) is 24.7 Å². The molecule has 0 bridgehead atoms. The Morgan fingerprint density at radius 2 is 1.24 bits per heavy atom. The van der Waals surface area contributed by atoms with Gasteiger partial charge in [0.15, 0.2) is 11.7 Å². The third-order valence-corrected chi connectivity index (χ3v) is 5.68. The fourth-order valence-corrected chi connectivity index (χ4v) is 3.65. The minimum Gasteiger partial charge on any atom is -0.459 e. The summed E-state index contributed by atoms with van der Waals surface area (Å²) in [4.78, 5) is 38.0. The molecule has 7 nitrogen and oxygen atoms in total. The Kier molecular flexibility index (Phi) is 7.04. The highest BCUT2D eigenvalue weighted by molar-refractivity contribution is 5.91. The zero-order valence-electron chi connectivity index (χ0n) is 18.6.